The zero-order valence-electron chi connectivity index (χ0n) is 12.5. The highest BCUT2D eigenvalue weighted by Gasteiger charge is 2.23. The molecule has 0 spiro atoms. The number of anilines is 1. The molecule has 0 aliphatic heterocycles. The Kier molecular flexibility index (Phi) is 4.43. The van der Waals surface area contributed by atoms with Crippen molar-refractivity contribution in [2.24, 2.45) is 0 Å². The average molecular weight is 288 g/mol. The smallest absolute Gasteiger partial charge is 0.416 e. The van der Waals surface area contributed by atoms with E-state index in [1.165, 1.54) is 4.90 Å². The lowest BCUT2D eigenvalue weighted by atomic mass is 10.2. The molecular weight excluding hydrogens is 268 g/mol. The number of pyridine rings is 1. The van der Waals surface area contributed by atoms with Crippen molar-refractivity contribution in [1.29, 1.82) is 0 Å². The van der Waals surface area contributed by atoms with Crippen LogP contribution < -0.4 is 4.90 Å². The average Bonchev–Trinajstić information content (AvgIpc) is 2.42. The number of fused-ring (bicyclic) bond motifs is 1. The molecule has 0 saturated carbocycles. The van der Waals surface area contributed by atoms with Gasteiger partial charge in [-0.05, 0) is 39.0 Å². The Bertz CT molecular complexity index is 635. The number of benzene rings is 1. The van der Waals surface area contributed by atoms with E-state index in [-0.39, 0.29) is 13.2 Å². The third-order valence-electron chi connectivity index (χ3n) is 2.80. The van der Waals surface area contributed by atoms with Gasteiger partial charge in [0.25, 0.3) is 0 Å². The minimum absolute atomic E-state index is 0.139. The van der Waals surface area contributed by atoms with Crippen LogP contribution in [0, 0.1) is 0 Å². The highest BCUT2D eigenvalue weighted by atomic mass is 16.6. The summed E-state index contributed by atoms with van der Waals surface area (Å²) < 4.78 is 5.35. The zero-order valence-corrected chi connectivity index (χ0v) is 12.5. The molecule has 0 radical (unpaired) electrons. The third kappa shape index (κ3) is 3.92. The fourth-order valence-corrected chi connectivity index (χ4v) is 1.92. The van der Waals surface area contributed by atoms with Crippen LogP contribution in [0.4, 0.5) is 10.6 Å². The minimum atomic E-state index is -0.596. The van der Waals surface area contributed by atoms with E-state index in [9.17, 15) is 9.90 Å². The number of hydrogen-bond acceptors (Lipinski definition) is 4. The van der Waals surface area contributed by atoms with Crippen molar-refractivity contribution >= 4 is 22.8 Å². The molecule has 1 amide bonds. The summed E-state index contributed by atoms with van der Waals surface area (Å²) in [5.74, 6) is 0.469. The van der Waals surface area contributed by atoms with E-state index in [1.807, 2.05) is 30.3 Å². The minimum Gasteiger partial charge on any atom is -0.443 e. The Balaban J connectivity index is 2.33. The van der Waals surface area contributed by atoms with Crippen LogP contribution in [0.25, 0.3) is 10.9 Å². The maximum Gasteiger partial charge on any atom is 0.416 e. The number of carbonyl (C=O) groups excluding carboxylic acids is 1. The number of ether oxygens (including phenoxy) is 1. The number of aliphatic hydroxyl groups is 1. The number of aromatic nitrogens is 1. The van der Waals surface area contributed by atoms with E-state index in [0.717, 1.165) is 10.9 Å². The number of carbonyl (C=O) groups is 1. The molecule has 0 bridgehead atoms. The van der Waals surface area contributed by atoms with Gasteiger partial charge in [0.05, 0.1) is 18.7 Å². The lowest BCUT2D eigenvalue weighted by Gasteiger charge is -2.26. The van der Waals surface area contributed by atoms with Crippen LogP contribution in [0.2, 0.25) is 0 Å². The van der Waals surface area contributed by atoms with Crippen LogP contribution in [-0.2, 0) is 4.74 Å². The van der Waals surface area contributed by atoms with Crippen LogP contribution >= 0.6 is 0 Å². The van der Waals surface area contributed by atoms with Gasteiger partial charge in [-0.3, -0.25) is 4.90 Å². The maximum atomic E-state index is 12.2. The Labute approximate surface area is 124 Å². The molecule has 0 saturated heterocycles. The van der Waals surface area contributed by atoms with Crippen LogP contribution in [0.3, 0.4) is 0 Å². The van der Waals surface area contributed by atoms with E-state index in [4.69, 9.17) is 4.74 Å². The lowest BCUT2D eigenvalue weighted by Crippen LogP contribution is -2.39. The summed E-state index contributed by atoms with van der Waals surface area (Å²) in [5.41, 5.74) is 0.197. The summed E-state index contributed by atoms with van der Waals surface area (Å²) in [4.78, 5) is 18.0. The standard InChI is InChI=1S/C16H20N2O3/c1-16(2,3)21-15(20)18(10-11-19)14-9-8-12-6-4-5-7-13(12)17-14/h4-9,19H,10-11H2,1-3H3. The largest absolute Gasteiger partial charge is 0.443 e. The SMILES string of the molecule is CC(C)(C)OC(=O)N(CCO)c1ccc2ccccc2n1. The summed E-state index contributed by atoms with van der Waals surface area (Å²) in [6.45, 7) is 5.38. The first-order chi connectivity index (χ1) is 9.90. The molecule has 0 unspecified atom stereocenters. The molecule has 0 aliphatic rings. The van der Waals surface area contributed by atoms with Gasteiger partial charge in [-0.1, -0.05) is 18.2 Å². The first-order valence-corrected chi connectivity index (χ1v) is 6.88. The van der Waals surface area contributed by atoms with Gasteiger partial charge in [0, 0.05) is 5.39 Å². The highest BCUT2D eigenvalue weighted by molar-refractivity contribution is 5.89. The lowest BCUT2D eigenvalue weighted by molar-refractivity contribution is 0.0572. The molecular formula is C16H20N2O3. The molecule has 112 valence electrons. The van der Waals surface area contributed by atoms with Crippen molar-refractivity contribution in [3.63, 3.8) is 0 Å². The van der Waals surface area contributed by atoms with Crippen LogP contribution in [0.5, 0.6) is 0 Å². The Hall–Kier alpha value is -2.14. The quantitative estimate of drug-likeness (QED) is 0.943. The summed E-state index contributed by atoms with van der Waals surface area (Å²) >= 11 is 0. The Morgan fingerprint density at radius 3 is 2.62 bits per heavy atom. The molecule has 0 aliphatic carbocycles. The number of nitrogens with zero attached hydrogens (tertiary/aromatic N) is 2. The molecule has 2 rings (SSSR count). The number of aliphatic hydroxyl groups excluding tert-OH is 1. The molecule has 0 fully saturated rings. The van der Waals surface area contributed by atoms with Gasteiger partial charge in [-0.2, -0.15) is 0 Å². The van der Waals surface area contributed by atoms with Gasteiger partial charge >= 0.3 is 6.09 Å². The second-order valence-corrected chi connectivity index (χ2v) is 5.72. The van der Waals surface area contributed by atoms with Crippen molar-refractivity contribution in [2.75, 3.05) is 18.1 Å². The van der Waals surface area contributed by atoms with Crippen LogP contribution in [-0.4, -0.2) is 34.9 Å². The van der Waals surface area contributed by atoms with Gasteiger partial charge in [-0.15, -0.1) is 0 Å². The van der Waals surface area contributed by atoms with E-state index < -0.39 is 11.7 Å². The summed E-state index contributed by atoms with van der Waals surface area (Å²) in [6.07, 6.45) is -0.515. The predicted octanol–water partition coefficient (Wildman–Crippen LogP) is 2.97. The summed E-state index contributed by atoms with van der Waals surface area (Å²) in [7, 11) is 0. The van der Waals surface area contributed by atoms with Gasteiger partial charge in [0.1, 0.15) is 11.4 Å². The number of rotatable bonds is 3. The molecule has 1 N–H and O–H groups in total. The fraction of sp³-hybridized carbons (Fsp3) is 0.375. The van der Waals surface area contributed by atoms with Crippen molar-refractivity contribution in [1.82, 2.24) is 4.98 Å². The first-order valence-electron chi connectivity index (χ1n) is 6.88. The predicted molar refractivity (Wildman–Crippen MR) is 82.4 cm³/mol. The van der Waals surface area contributed by atoms with Crippen molar-refractivity contribution in [3.05, 3.63) is 36.4 Å². The first kappa shape index (κ1) is 15.3. The summed E-state index contributed by atoms with van der Waals surface area (Å²) in [6, 6.07) is 11.3. The summed E-state index contributed by atoms with van der Waals surface area (Å²) in [5, 5.41) is 10.2. The van der Waals surface area contributed by atoms with Gasteiger partial charge in [0.2, 0.25) is 0 Å². The Morgan fingerprint density at radius 1 is 1.24 bits per heavy atom. The van der Waals surface area contributed by atoms with Crippen molar-refractivity contribution < 1.29 is 14.6 Å². The monoisotopic (exact) mass is 288 g/mol. The number of hydrogen-bond donors (Lipinski definition) is 1. The second-order valence-electron chi connectivity index (χ2n) is 5.72. The fourth-order valence-electron chi connectivity index (χ4n) is 1.92. The van der Waals surface area contributed by atoms with Crippen molar-refractivity contribution in [2.45, 2.75) is 26.4 Å². The van der Waals surface area contributed by atoms with E-state index in [0.29, 0.717) is 5.82 Å². The van der Waals surface area contributed by atoms with E-state index in [1.54, 1.807) is 26.8 Å². The van der Waals surface area contributed by atoms with Crippen LogP contribution in [0.15, 0.2) is 36.4 Å². The van der Waals surface area contributed by atoms with Gasteiger partial charge in [0.15, 0.2) is 0 Å². The topological polar surface area (TPSA) is 62.7 Å². The second kappa shape index (κ2) is 6.10. The van der Waals surface area contributed by atoms with Crippen molar-refractivity contribution in [3.8, 4) is 0 Å². The van der Waals surface area contributed by atoms with E-state index >= 15 is 0 Å². The van der Waals surface area contributed by atoms with E-state index in [2.05, 4.69) is 4.98 Å². The molecule has 1 aromatic heterocycles. The Morgan fingerprint density at radius 2 is 1.95 bits per heavy atom. The van der Waals surface area contributed by atoms with Crippen LogP contribution in [0.1, 0.15) is 20.8 Å². The molecule has 5 nitrogen and oxygen atoms in total. The van der Waals surface area contributed by atoms with Gasteiger partial charge < -0.3 is 9.84 Å². The maximum absolute atomic E-state index is 12.2. The molecule has 21 heavy (non-hydrogen) atoms. The highest BCUT2D eigenvalue weighted by Crippen LogP contribution is 2.20. The molecule has 1 aromatic carbocycles. The number of amides is 1. The molecule has 2 aromatic rings. The molecule has 5 heteroatoms. The molecule has 0 atom stereocenters. The van der Waals surface area contributed by atoms with Gasteiger partial charge in [-0.25, -0.2) is 9.78 Å². The molecule has 1 heterocycles. The normalized spacial score (nSPS) is 11.4. The zero-order chi connectivity index (χ0) is 15.5. The third-order valence-corrected chi connectivity index (χ3v) is 2.80. The number of para-hydroxylation sites is 1.